The number of hydrogen-bond donors (Lipinski definition) is 1. The Morgan fingerprint density at radius 3 is 2.44 bits per heavy atom. The van der Waals surface area contributed by atoms with Gasteiger partial charge in [0.1, 0.15) is 5.82 Å². The van der Waals surface area contributed by atoms with Crippen molar-refractivity contribution in [3.05, 3.63) is 73.2 Å². The van der Waals surface area contributed by atoms with Gasteiger partial charge in [-0.25, -0.2) is 4.98 Å². The molecule has 3 rings (SSSR count). The van der Waals surface area contributed by atoms with Crippen LogP contribution in [0.15, 0.2) is 41.2 Å². The average molecular weight is 425 g/mol. The molecule has 140 valence electrons. The van der Waals surface area contributed by atoms with E-state index in [1.165, 1.54) is 0 Å². The molecule has 0 bridgehead atoms. The van der Waals surface area contributed by atoms with Crippen LogP contribution >= 0.6 is 34.8 Å². The molecule has 0 fully saturated rings. The zero-order chi connectivity index (χ0) is 19.6. The fourth-order valence-corrected chi connectivity index (χ4v) is 3.49. The quantitative estimate of drug-likeness (QED) is 0.631. The molecule has 2 aromatic carbocycles. The normalized spacial score (nSPS) is 11.0. The van der Waals surface area contributed by atoms with E-state index in [2.05, 4.69) is 9.97 Å². The molecule has 0 saturated heterocycles. The molecule has 5 nitrogen and oxygen atoms in total. The molecule has 0 spiro atoms. The van der Waals surface area contributed by atoms with Crippen molar-refractivity contribution in [2.75, 3.05) is 6.54 Å². The van der Waals surface area contributed by atoms with E-state index in [4.69, 9.17) is 34.8 Å². The molecule has 0 aliphatic rings. The first kappa shape index (κ1) is 19.7. The number of hydrogen-bond acceptors (Lipinski definition) is 3. The molecule has 0 atom stereocenters. The van der Waals surface area contributed by atoms with Crippen molar-refractivity contribution in [3.8, 4) is 0 Å². The van der Waals surface area contributed by atoms with Gasteiger partial charge in [-0.05, 0) is 42.8 Å². The van der Waals surface area contributed by atoms with Crippen LogP contribution in [0, 0.1) is 0 Å². The van der Waals surface area contributed by atoms with Gasteiger partial charge in [0.15, 0.2) is 0 Å². The van der Waals surface area contributed by atoms with E-state index in [0.717, 1.165) is 6.42 Å². The number of amides is 1. The third-order valence-corrected chi connectivity index (χ3v) is 4.62. The number of aromatic nitrogens is 2. The molecule has 1 N–H and O–H groups in total. The zero-order valence-corrected chi connectivity index (χ0v) is 16.7. The monoisotopic (exact) mass is 423 g/mol. The first-order valence-electron chi connectivity index (χ1n) is 8.31. The Morgan fingerprint density at radius 2 is 1.78 bits per heavy atom. The number of fused-ring (bicyclic) bond motifs is 1. The van der Waals surface area contributed by atoms with Gasteiger partial charge in [0.2, 0.25) is 0 Å². The SMILES string of the molecule is CCCN(Cc1nc2cc(Cl)ccc2c(=O)[nH]1)C(=O)c1cc(Cl)cc(Cl)c1. The zero-order valence-electron chi connectivity index (χ0n) is 14.4. The Morgan fingerprint density at radius 1 is 1.07 bits per heavy atom. The van der Waals surface area contributed by atoms with Crippen LogP contribution < -0.4 is 5.56 Å². The van der Waals surface area contributed by atoms with Crippen molar-refractivity contribution in [1.82, 2.24) is 14.9 Å². The van der Waals surface area contributed by atoms with Gasteiger partial charge in [-0.3, -0.25) is 9.59 Å². The topological polar surface area (TPSA) is 66.1 Å². The number of H-pyrrole nitrogens is 1. The highest BCUT2D eigenvalue weighted by atomic mass is 35.5. The second-order valence-electron chi connectivity index (χ2n) is 6.06. The summed E-state index contributed by atoms with van der Waals surface area (Å²) in [6.07, 6.45) is 0.740. The van der Waals surface area contributed by atoms with Crippen LogP contribution in [0.5, 0.6) is 0 Å². The van der Waals surface area contributed by atoms with E-state index in [1.807, 2.05) is 6.92 Å². The summed E-state index contributed by atoms with van der Waals surface area (Å²) < 4.78 is 0. The number of rotatable bonds is 5. The maximum absolute atomic E-state index is 12.9. The van der Waals surface area contributed by atoms with E-state index in [0.29, 0.717) is 43.9 Å². The molecule has 0 aliphatic carbocycles. The Kier molecular flexibility index (Phi) is 6.05. The number of carbonyl (C=O) groups is 1. The number of nitrogens with one attached hydrogen (secondary N) is 1. The highest BCUT2D eigenvalue weighted by Crippen LogP contribution is 2.21. The molecular weight excluding hydrogens is 409 g/mol. The molecule has 27 heavy (non-hydrogen) atoms. The molecule has 1 aromatic heterocycles. The standard InChI is InChI=1S/C19H16Cl3N3O2/c1-2-5-25(19(27)11-6-13(21)8-14(22)7-11)10-17-23-16-9-12(20)3-4-15(16)18(26)24-17/h3-4,6-9H,2,5,10H2,1H3,(H,23,24,26). The summed E-state index contributed by atoms with van der Waals surface area (Å²) in [5.74, 6) is 0.139. The van der Waals surface area contributed by atoms with E-state index >= 15 is 0 Å². The summed E-state index contributed by atoms with van der Waals surface area (Å²) in [5.41, 5.74) is 0.587. The summed E-state index contributed by atoms with van der Waals surface area (Å²) in [6, 6.07) is 9.57. The van der Waals surface area contributed by atoms with Gasteiger partial charge in [0.25, 0.3) is 11.5 Å². The molecule has 1 heterocycles. The Balaban J connectivity index is 1.95. The molecule has 0 unspecified atom stereocenters. The largest absolute Gasteiger partial charge is 0.331 e. The van der Waals surface area contributed by atoms with Crippen molar-refractivity contribution in [1.29, 1.82) is 0 Å². The predicted octanol–water partition coefficient (Wildman–Crippen LogP) is 4.94. The summed E-state index contributed by atoms with van der Waals surface area (Å²) >= 11 is 18.0. The highest BCUT2D eigenvalue weighted by Gasteiger charge is 2.18. The Bertz CT molecular complexity index is 1050. The van der Waals surface area contributed by atoms with Gasteiger partial charge in [-0.1, -0.05) is 41.7 Å². The van der Waals surface area contributed by atoms with Crippen LogP contribution in [0.25, 0.3) is 10.9 Å². The van der Waals surface area contributed by atoms with E-state index in [9.17, 15) is 9.59 Å². The molecule has 0 aliphatic heterocycles. The lowest BCUT2D eigenvalue weighted by atomic mass is 10.2. The minimum absolute atomic E-state index is 0.147. The molecule has 0 saturated carbocycles. The molecular formula is C19H16Cl3N3O2. The summed E-state index contributed by atoms with van der Waals surface area (Å²) in [5, 5.41) is 1.70. The Hall–Kier alpha value is -2.08. The van der Waals surface area contributed by atoms with E-state index in [1.54, 1.807) is 41.3 Å². The van der Waals surface area contributed by atoms with Crippen molar-refractivity contribution in [2.24, 2.45) is 0 Å². The van der Waals surface area contributed by atoms with Crippen LogP contribution in [0.2, 0.25) is 15.1 Å². The number of halogens is 3. The van der Waals surface area contributed by atoms with Crippen molar-refractivity contribution in [3.63, 3.8) is 0 Å². The maximum Gasteiger partial charge on any atom is 0.258 e. The third-order valence-electron chi connectivity index (χ3n) is 3.95. The number of benzene rings is 2. The second kappa shape index (κ2) is 8.30. The van der Waals surface area contributed by atoms with Gasteiger partial charge < -0.3 is 9.88 Å². The van der Waals surface area contributed by atoms with Crippen LogP contribution in [-0.4, -0.2) is 27.3 Å². The summed E-state index contributed by atoms with van der Waals surface area (Å²) in [6.45, 7) is 2.59. The first-order valence-corrected chi connectivity index (χ1v) is 9.44. The number of carbonyl (C=O) groups excluding carboxylic acids is 1. The number of nitrogens with zero attached hydrogens (tertiary/aromatic N) is 2. The fourth-order valence-electron chi connectivity index (χ4n) is 2.80. The van der Waals surface area contributed by atoms with Gasteiger partial charge in [0, 0.05) is 27.2 Å². The smallest absolute Gasteiger partial charge is 0.258 e. The fraction of sp³-hybridized carbons (Fsp3) is 0.211. The molecule has 0 radical (unpaired) electrons. The first-order chi connectivity index (χ1) is 12.9. The Labute approximate surface area is 170 Å². The van der Waals surface area contributed by atoms with Crippen molar-refractivity contribution >= 4 is 51.6 Å². The number of aromatic amines is 1. The summed E-state index contributed by atoms with van der Waals surface area (Å²) in [7, 11) is 0. The van der Waals surface area contributed by atoms with Crippen LogP contribution in [0.1, 0.15) is 29.5 Å². The van der Waals surface area contributed by atoms with Crippen molar-refractivity contribution < 1.29 is 4.79 Å². The van der Waals surface area contributed by atoms with Gasteiger partial charge in [-0.15, -0.1) is 0 Å². The minimum Gasteiger partial charge on any atom is -0.331 e. The van der Waals surface area contributed by atoms with Gasteiger partial charge in [-0.2, -0.15) is 0 Å². The third kappa shape index (κ3) is 4.61. The van der Waals surface area contributed by atoms with Crippen LogP contribution in [0.3, 0.4) is 0 Å². The van der Waals surface area contributed by atoms with Crippen LogP contribution in [0.4, 0.5) is 0 Å². The van der Waals surface area contributed by atoms with Crippen LogP contribution in [-0.2, 0) is 6.54 Å². The predicted molar refractivity (Wildman–Crippen MR) is 109 cm³/mol. The van der Waals surface area contributed by atoms with Crippen molar-refractivity contribution in [2.45, 2.75) is 19.9 Å². The summed E-state index contributed by atoms with van der Waals surface area (Å²) in [4.78, 5) is 34.0. The lowest BCUT2D eigenvalue weighted by molar-refractivity contribution is 0.0739. The molecule has 1 amide bonds. The van der Waals surface area contributed by atoms with E-state index < -0.39 is 0 Å². The van der Waals surface area contributed by atoms with Gasteiger partial charge >= 0.3 is 0 Å². The van der Waals surface area contributed by atoms with E-state index in [-0.39, 0.29) is 18.0 Å². The minimum atomic E-state index is -0.277. The second-order valence-corrected chi connectivity index (χ2v) is 7.37. The lowest BCUT2D eigenvalue weighted by Crippen LogP contribution is -2.32. The average Bonchev–Trinajstić information content (AvgIpc) is 2.59. The maximum atomic E-state index is 12.9. The molecule has 8 heteroatoms. The van der Waals surface area contributed by atoms with Gasteiger partial charge in [0.05, 0.1) is 17.4 Å². The molecule has 3 aromatic rings. The highest BCUT2D eigenvalue weighted by molar-refractivity contribution is 6.35. The lowest BCUT2D eigenvalue weighted by Gasteiger charge is -2.22.